The van der Waals surface area contributed by atoms with E-state index in [1.807, 2.05) is 72.8 Å². The molecule has 0 radical (unpaired) electrons. The normalized spacial score (nSPS) is 11.6. The van der Waals surface area contributed by atoms with Gasteiger partial charge in [0, 0.05) is 41.4 Å². The van der Waals surface area contributed by atoms with Crippen LogP contribution >= 0.6 is 35.0 Å². The van der Waals surface area contributed by atoms with Crippen LogP contribution in [0.3, 0.4) is 0 Å². The number of carbonyl (C=O) groups excluding carboxylic acids is 2. The lowest BCUT2D eigenvalue weighted by molar-refractivity contribution is -0.141. The van der Waals surface area contributed by atoms with E-state index in [-0.39, 0.29) is 18.4 Å². The number of nitrogens with one attached hydrogen (secondary N) is 1. The first kappa shape index (κ1) is 26.1. The van der Waals surface area contributed by atoms with Gasteiger partial charge in [-0.1, -0.05) is 71.7 Å². The zero-order valence-electron chi connectivity index (χ0n) is 19.0. The second kappa shape index (κ2) is 13.4. The van der Waals surface area contributed by atoms with E-state index in [4.69, 9.17) is 23.2 Å². The van der Waals surface area contributed by atoms with Crippen LogP contribution in [0.1, 0.15) is 24.0 Å². The molecule has 0 aromatic heterocycles. The number of benzene rings is 3. The van der Waals surface area contributed by atoms with Crippen LogP contribution in [0.5, 0.6) is 0 Å². The summed E-state index contributed by atoms with van der Waals surface area (Å²) in [7, 11) is 1.60. The van der Waals surface area contributed by atoms with Gasteiger partial charge in [0.2, 0.25) is 11.8 Å². The maximum atomic E-state index is 13.4. The highest BCUT2D eigenvalue weighted by atomic mass is 35.5. The molecule has 3 rings (SSSR count). The van der Waals surface area contributed by atoms with Crippen molar-refractivity contribution in [3.63, 3.8) is 0 Å². The van der Waals surface area contributed by atoms with E-state index in [1.54, 1.807) is 29.8 Å². The van der Waals surface area contributed by atoms with Crippen LogP contribution < -0.4 is 5.32 Å². The van der Waals surface area contributed by atoms with E-state index < -0.39 is 6.04 Å². The van der Waals surface area contributed by atoms with Crippen LogP contribution in [-0.2, 0) is 22.6 Å². The summed E-state index contributed by atoms with van der Waals surface area (Å²) in [6.45, 7) is 0.272. The van der Waals surface area contributed by atoms with Gasteiger partial charge in [-0.3, -0.25) is 9.59 Å². The van der Waals surface area contributed by atoms with Crippen molar-refractivity contribution >= 4 is 46.8 Å². The molecule has 0 spiro atoms. The quantitative estimate of drug-likeness (QED) is 0.243. The van der Waals surface area contributed by atoms with E-state index in [2.05, 4.69) is 5.32 Å². The molecule has 0 heterocycles. The van der Waals surface area contributed by atoms with Gasteiger partial charge in [-0.15, -0.1) is 11.8 Å². The maximum absolute atomic E-state index is 13.4. The molecule has 4 nitrogen and oxygen atoms in total. The third-order valence-corrected chi connectivity index (χ3v) is 7.15. The van der Waals surface area contributed by atoms with Gasteiger partial charge < -0.3 is 10.2 Å². The first-order valence-electron chi connectivity index (χ1n) is 11.1. The van der Waals surface area contributed by atoms with Crippen molar-refractivity contribution in [1.29, 1.82) is 0 Å². The van der Waals surface area contributed by atoms with Gasteiger partial charge in [0.05, 0.1) is 0 Å². The lowest BCUT2D eigenvalue weighted by Crippen LogP contribution is -2.49. The number of nitrogens with zero attached hydrogens (tertiary/aromatic N) is 1. The molecule has 0 aliphatic rings. The van der Waals surface area contributed by atoms with Crippen molar-refractivity contribution < 1.29 is 9.59 Å². The number of rotatable bonds is 11. The van der Waals surface area contributed by atoms with Gasteiger partial charge in [0.1, 0.15) is 6.04 Å². The highest BCUT2D eigenvalue weighted by Gasteiger charge is 2.29. The van der Waals surface area contributed by atoms with Gasteiger partial charge in [-0.2, -0.15) is 0 Å². The molecule has 0 saturated carbocycles. The van der Waals surface area contributed by atoms with Crippen LogP contribution in [0.15, 0.2) is 83.8 Å². The highest BCUT2D eigenvalue weighted by molar-refractivity contribution is 7.99. The maximum Gasteiger partial charge on any atom is 0.242 e. The number of halogens is 2. The number of hydrogen-bond acceptors (Lipinski definition) is 3. The van der Waals surface area contributed by atoms with Crippen molar-refractivity contribution in [3.8, 4) is 0 Å². The van der Waals surface area contributed by atoms with Gasteiger partial charge in [0.15, 0.2) is 0 Å². The number of likely N-dealkylation sites (N-methyl/N-ethyl adjacent to an activating group) is 1. The summed E-state index contributed by atoms with van der Waals surface area (Å²) in [6.07, 6.45) is 1.46. The molecular weight excluding hydrogens is 487 g/mol. The summed E-state index contributed by atoms with van der Waals surface area (Å²) in [5, 5.41) is 4.01. The Morgan fingerprint density at radius 1 is 0.941 bits per heavy atom. The summed E-state index contributed by atoms with van der Waals surface area (Å²) >= 11 is 14.0. The fraction of sp³-hybridized carbons (Fsp3) is 0.259. The summed E-state index contributed by atoms with van der Waals surface area (Å²) in [6, 6.07) is 24.2. The topological polar surface area (TPSA) is 49.4 Å². The van der Waals surface area contributed by atoms with E-state index in [9.17, 15) is 9.59 Å². The van der Waals surface area contributed by atoms with E-state index in [0.29, 0.717) is 29.3 Å². The molecular formula is C27H28Cl2N2O2S. The molecule has 1 atom stereocenters. The summed E-state index contributed by atoms with van der Waals surface area (Å²) in [5.41, 5.74) is 1.81. The molecule has 1 unspecified atom stereocenters. The molecule has 0 saturated heterocycles. The van der Waals surface area contributed by atoms with Crippen LogP contribution in [0.2, 0.25) is 10.0 Å². The van der Waals surface area contributed by atoms with Crippen molar-refractivity contribution in [2.75, 3.05) is 12.8 Å². The molecule has 178 valence electrons. The van der Waals surface area contributed by atoms with Gasteiger partial charge in [-0.25, -0.2) is 0 Å². The summed E-state index contributed by atoms with van der Waals surface area (Å²) in [5.74, 6) is 0.525. The van der Waals surface area contributed by atoms with Gasteiger partial charge >= 0.3 is 0 Å². The van der Waals surface area contributed by atoms with Crippen molar-refractivity contribution in [2.45, 2.75) is 36.7 Å². The molecule has 2 amide bonds. The predicted octanol–water partition coefficient (Wildman–Crippen LogP) is 6.25. The lowest BCUT2D eigenvalue weighted by atomic mass is 10.0. The molecule has 3 aromatic rings. The first-order valence-corrected chi connectivity index (χ1v) is 12.9. The smallest absolute Gasteiger partial charge is 0.242 e. The summed E-state index contributed by atoms with van der Waals surface area (Å²) in [4.78, 5) is 29.1. The Morgan fingerprint density at radius 2 is 1.62 bits per heavy atom. The number of hydrogen-bond donors (Lipinski definition) is 1. The molecule has 34 heavy (non-hydrogen) atoms. The van der Waals surface area contributed by atoms with Crippen LogP contribution in [-0.4, -0.2) is 35.6 Å². The standard InChI is InChI=1S/C27H28Cl2N2O2S/c1-30-27(33)25(18-20-8-3-2-4-9-20)31(19-21-10-5-6-11-24(21)29)26(32)12-7-17-34-23-15-13-22(28)14-16-23/h2-6,8-11,13-16,25H,7,12,17-19H2,1H3,(H,30,33). The van der Waals surface area contributed by atoms with Crippen LogP contribution in [0.25, 0.3) is 0 Å². The van der Waals surface area contributed by atoms with Crippen LogP contribution in [0.4, 0.5) is 0 Å². The number of carbonyl (C=O) groups is 2. The first-order chi connectivity index (χ1) is 16.5. The molecule has 0 aliphatic carbocycles. The molecule has 0 aliphatic heterocycles. The molecule has 3 aromatic carbocycles. The summed E-state index contributed by atoms with van der Waals surface area (Å²) < 4.78 is 0. The zero-order valence-corrected chi connectivity index (χ0v) is 21.4. The Kier molecular flexibility index (Phi) is 10.3. The van der Waals surface area contributed by atoms with Crippen molar-refractivity contribution in [3.05, 3.63) is 100 Å². The second-order valence-electron chi connectivity index (χ2n) is 7.84. The fourth-order valence-electron chi connectivity index (χ4n) is 3.62. The molecule has 0 fully saturated rings. The van der Waals surface area contributed by atoms with E-state index >= 15 is 0 Å². The SMILES string of the molecule is CNC(=O)C(Cc1ccccc1)N(Cc1ccccc1Cl)C(=O)CCCSc1ccc(Cl)cc1. The Balaban J connectivity index is 1.75. The monoisotopic (exact) mass is 514 g/mol. The zero-order chi connectivity index (χ0) is 24.3. The van der Waals surface area contributed by atoms with E-state index in [0.717, 1.165) is 21.8 Å². The number of thioether (sulfide) groups is 1. The van der Waals surface area contributed by atoms with Gasteiger partial charge in [-0.05, 0) is 53.6 Å². The largest absolute Gasteiger partial charge is 0.357 e. The highest BCUT2D eigenvalue weighted by Crippen LogP contribution is 2.24. The predicted molar refractivity (Wildman–Crippen MR) is 141 cm³/mol. The fourth-order valence-corrected chi connectivity index (χ4v) is 4.79. The minimum Gasteiger partial charge on any atom is -0.357 e. The Bertz CT molecular complexity index is 1080. The molecule has 1 N–H and O–H groups in total. The minimum atomic E-state index is -0.639. The third-order valence-electron chi connectivity index (χ3n) is 5.43. The average Bonchev–Trinajstić information content (AvgIpc) is 2.86. The Labute approximate surface area is 215 Å². The Hall–Kier alpha value is -2.47. The molecule has 7 heteroatoms. The average molecular weight is 516 g/mol. The van der Waals surface area contributed by atoms with Crippen LogP contribution in [0, 0.1) is 0 Å². The second-order valence-corrected chi connectivity index (χ2v) is 9.85. The number of amides is 2. The van der Waals surface area contributed by atoms with Crippen molar-refractivity contribution in [2.24, 2.45) is 0 Å². The van der Waals surface area contributed by atoms with Gasteiger partial charge in [0.25, 0.3) is 0 Å². The minimum absolute atomic E-state index is 0.0684. The van der Waals surface area contributed by atoms with Crippen molar-refractivity contribution in [1.82, 2.24) is 10.2 Å². The lowest BCUT2D eigenvalue weighted by Gasteiger charge is -2.31. The third kappa shape index (κ3) is 7.79. The van der Waals surface area contributed by atoms with E-state index in [1.165, 1.54) is 0 Å². The molecule has 0 bridgehead atoms. The Morgan fingerprint density at radius 3 is 2.29 bits per heavy atom.